The predicted molar refractivity (Wildman–Crippen MR) is 87.4 cm³/mol. The molecule has 0 aromatic rings. The van der Waals surface area contributed by atoms with E-state index in [1.807, 2.05) is 6.92 Å². The molecule has 0 amide bonds. The SMILES string of the molecule is CCCCOC[C@H]1OC(O)[C@@H](OP(=O)(O)O)[C@H](OP(=O)(O)O)[C@@H]1OP(=O)(O)O. The second kappa shape index (κ2) is 10.5. The Morgan fingerprint density at radius 2 is 1.29 bits per heavy atom. The molecule has 1 rings (SSSR count). The molecule has 0 spiro atoms. The van der Waals surface area contributed by atoms with Gasteiger partial charge >= 0.3 is 23.5 Å². The summed E-state index contributed by atoms with van der Waals surface area (Å²) in [4.78, 5) is 54.2. The van der Waals surface area contributed by atoms with Crippen molar-refractivity contribution >= 4 is 23.5 Å². The van der Waals surface area contributed by atoms with Gasteiger partial charge in [-0.1, -0.05) is 13.3 Å². The van der Waals surface area contributed by atoms with Gasteiger partial charge in [0.15, 0.2) is 6.29 Å². The molecule has 0 saturated carbocycles. The van der Waals surface area contributed by atoms with Crippen LogP contribution in [0, 0.1) is 0 Å². The highest BCUT2D eigenvalue weighted by atomic mass is 31.2. The summed E-state index contributed by atoms with van der Waals surface area (Å²) in [6.07, 6.45) is -8.94. The number of unbranched alkanes of at least 4 members (excludes halogenated alkanes) is 1. The average Bonchev–Trinajstić information content (AvgIpc) is 2.47. The van der Waals surface area contributed by atoms with Crippen molar-refractivity contribution in [2.45, 2.75) is 50.5 Å². The van der Waals surface area contributed by atoms with Crippen molar-refractivity contribution in [3.05, 3.63) is 0 Å². The Bertz CT molecular complexity index is 624. The van der Waals surface area contributed by atoms with E-state index in [1.165, 1.54) is 0 Å². The Labute approximate surface area is 159 Å². The lowest BCUT2D eigenvalue weighted by atomic mass is 9.99. The molecule has 1 saturated heterocycles. The normalized spacial score (nSPS) is 29.8. The van der Waals surface area contributed by atoms with Crippen molar-refractivity contribution in [1.82, 2.24) is 0 Å². The summed E-state index contributed by atoms with van der Waals surface area (Å²) in [5.74, 6) is 0. The molecule has 1 aliphatic rings. The van der Waals surface area contributed by atoms with Gasteiger partial charge in [-0.3, -0.25) is 13.6 Å². The first-order valence-electron chi connectivity index (χ1n) is 7.76. The van der Waals surface area contributed by atoms with Gasteiger partial charge in [0.05, 0.1) is 6.61 Å². The van der Waals surface area contributed by atoms with Crippen molar-refractivity contribution in [1.29, 1.82) is 0 Å². The van der Waals surface area contributed by atoms with Gasteiger partial charge in [0.2, 0.25) is 0 Å². The number of phosphoric ester groups is 3. The van der Waals surface area contributed by atoms with Gasteiger partial charge in [0, 0.05) is 6.61 Å². The van der Waals surface area contributed by atoms with Crippen LogP contribution >= 0.6 is 23.5 Å². The summed E-state index contributed by atoms with van der Waals surface area (Å²) in [7, 11) is -16.1. The van der Waals surface area contributed by atoms with Crippen molar-refractivity contribution in [3.63, 3.8) is 0 Å². The monoisotopic (exact) mass is 476 g/mol. The van der Waals surface area contributed by atoms with Gasteiger partial charge in [-0.05, 0) is 6.42 Å². The van der Waals surface area contributed by atoms with E-state index in [4.69, 9.17) is 38.8 Å². The van der Waals surface area contributed by atoms with Crippen molar-refractivity contribution in [2.24, 2.45) is 0 Å². The van der Waals surface area contributed by atoms with E-state index in [0.29, 0.717) is 6.42 Å². The molecule has 5 atom stereocenters. The zero-order valence-corrected chi connectivity index (χ0v) is 17.1. The first kappa shape index (κ1) is 26.2. The molecule has 1 heterocycles. The lowest BCUT2D eigenvalue weighted by Crippen LogP contribution is -2.60. The fraction of sp³-hybridized carbons (Fsp3) is 1.00. The minimum absolute atomic E-state index is 0.182. The van der Waals surface area contributed by atoms with Crippen LogP contribution < -0.4 is 0 Å². The third-order valence-electron chi connectivity index (χ3n) is 3.31. The van der Waals surface area contributed by atoms with Crippen LogP contribution in [0.25, 0.3) is 0 Å². The first-order valence-corrected chi connectivity index (χ1v) is 12.3. The number of hydrogen-bond acceptors (Lipinski definition) is 9. The van der Waals surface area contributed by atoms with Crippen LogP contribution in [0.1, 0.15) is 19.8 Å². The van der Waals surface area contributed by atoms with Crippen molar-refractivity contribution < 1.29 is 71.2 Å². The summed E-state index contributed by atoms with van der Waals surface area (Å²) in [6, 6.07) is 0. The number of ether oxygens (including phenoxy) is 2. The maximum atomic E-state index is 11.3. The number of rotatable bonds is 11. The Hall–Kier alpha value is 0.210. The standard InChI is InChI=1S/C10H23O15P3/c1-2-3-4-21-5-6-7(23-26(12,13)14)8(24-27(15,16)17)9(10(11)22-6)25-28(18,19)20/h6-11H,2-5H2,1H3,(H2,12,13,14)(H2,15,16,17)(H2,18,19,20)/t6-,7-,8-,9+,10?/m1/s1. The third-order valence-corrected chi connectivity index (χ3v) is 4.86. The third kappa shape index (κ3) is 9.81. The highest BCUT2D eigenvalue weighted by Gasteiger charge is 2.53. The second-order valence-corrected chi connectivity index (χ2v) is 9.25. The van der Waals surface area contributed by atoms with Gasteiger partial charge in [0.1, 0.15) is 24.4 Å². The molecule has 18 heteroatoms. The van der Waals surface area contributed by atoms with Gasteiger partial charge < -0.3 is 43.9 Å². The molecular weight excluding hydrogens is 453 g/mol. The molecule has 0 aliphatic carbocycles. The zero-order chi connectivity index (χ0) is 21.8. The summed E-state index contributed by atoms with van der Waals surface area (Å²) < 4.78 is 56.9. The van der Waals surface area contributed by atoms with E-state index in [0.717, 1.165) is 6.42 Å². The van der Waals surface area contributed by atoms with E-state index >= 15 is 0 Å². The number of aliphatic hydroxyl groups excluding tert-OH is 1. The summed E-state index contributed by atoms with van der Waals surface area (Å²) in [5, 5.41) is 9.96. The van der Waals surface area contributed by atoms with Crippen molar-refractivity contribution in [2.75, 3.05) is 13.2 Å². The molecule has 1 aliphatic heterocycles. The lowest BCUT2D eigenvalue weighted by Gasteiger charge is -2.43. The van der Waals surface area contributed by atoms with Gasteiger partial charge in [-0.25, -0.2) is 13.7 Å². The van der Waals surface area contributed by atoms with Gasteiger partial charge in [0.25, 0.3) is 0 Å². The van der Waals surface area contributed by atoms with Crippen LogP contribution in [0.5, 0.6) is 0 Å². The summed E-state index contributed by atoms with van der Waals surface area (Å²) >= 11 is 0. The smallest absolute Gasteiger partial charge is 0.379 e. The highest BCUT2D eigenvalue weighted by molar-refractivity contribution is 7.47. The van der Waals surface area contributed by atoms with Crippen molar-refractivity contribution in [3.8, 4) is 0 Å². The van der Waals surface area contributed by atoms with E-state index in [-0.39, 0.29) is 6.61 Å². The molecule has 0 aromatic carbocycles. The lowest BCUT2D eigenvalue weighted by molar-refractivity contribution is -0.279. The maximum absolute atomic E-state index is 11.3. The molecule has 15 nitrogen and oxygen atoms in total. The number of aliphatic hydroxyl groups is 1. The second-order valence-electron chi connectivity index (χ2n) is 5.68. The molecule has 168 valence electrons. The fourth-order valence-corrected chi connectivity index (χ4v) is 3.98. The molecule has 1 fully saturated rings. The van der Waals surface area contributed by atoms with Crippen LogP contribution in [0.4, 0.5) is 0 Å². The molecule has 7 N–H and O–H groups in total. The topological polar surface area (TPSA) is 239 Å². The van der Waals surface area contributed by atoms with Crippen LogP contribution in [0.2, 0.25) is 0 Å². The summed E-state index contributed by atoms with van der Waals surface area (Å²) in [5.41, 5.74) is 0. The summed E-state index contributed by atoms with van der Waals surface area (Å²) in [6.45, 7) is 1.59. The molecular formula is C10H23O15P3. The highest BCUT2D eigenvalue weighted by Crippen LogP contribution is 2.49. The Morgan fingerprint density at radius 1 is 0.821 bits per heavy atom. The Balaban J connectivity index is 3.21. The predicted octanol–water partition coefficient (Wildman–Crippen LogP) is -1.05. The fourth-order valence-electron chi connectivity index (χ4n) is 2.31. The van der Waals surface area contributed by atoms with Crippen LogP contribution in [0.15, 0.2) is 0 Å². The van der Waals surface area contributed by atoms with Crippen LogP contribution in [0.3, 0.4) is 0 Å². The number of hydrogen-bond donors (Lipinski definition) is 7. The van der Waals surface area contributed by atoms with Gasteiger partial charge in [-0.15, -0.1) is 0 Å². The van der Waals surface area contributed by atoms with Crippen LogP contribution in [-0.4, -0.2) is 78.4 Å². The minimum atomic E-state index is -5.40. The van der Waals surface area contributed by atoms with E-state index in [9.17, 15) is 18.8 Å². The molecule has 0 aromatic heterocycles. The molecule has 0 radical (unpaired) electrons. The average molecular weight is 476 g/mol. The number of phosphoric acid groups is 3. The first-order chi connectivity index (χ1) is 12.6. The van der Waals surface area contributed by atoms with Crippen LogP contribution in [-0.2, 0) is 36.7 Å². The maximum Gasteiger partial charge on any atom is 0.470 e. The molecule has 0 bridgehead atoms. The van der Waals surface area contributed by atoms with E-state index < -0.39 is 60.8 Å². The van der Waals surface area contributed by atoms with E-state index in [2.05, 4.69) is 13.6 Å². The minimum Gasteiger partial charge on any atom is -0.379 e. The molecule has 28 heavy (non-hydrogen) atoms. The largest absolute Gasteiger partial charge is 0.470 e. The quantitative estimate of drug-likeness (QED) is 0.139. The molecule has 1 unspecified atom stereocenters. The Kier molecular flexibility index (Phi) is 9.83. The Morgan fingerprint density at radius 3 is 1.75 bits per heavy atom. The zero-order valence-electron chi connectivity index (χ0n) is 14.5. The van der Waals surface area contributed by atoms with E-state index in [1.54, 1.807) is 0 Å². The van der Waals surface area contributed by atoms with Gasteiger partial charge in [-0.2, -0.15) is 0 Å².